The molecule has 120 valence electrons. The first-order valence-corrected chi connectivity index (χ1v) is 8.64. The quantitative estimate of drug-likeness (QED) is 0.453. The summed E-state index contributed by atoms with van der Waals surface area (Å²) in [6.07, 6.45) is 0. The zero-order valence-corrected chi connectivity index (χ0v) is 16.4. The molecule has 0 aliphatic rings. The molecule has 23 heavy (non-hydrogen) atoms. The lowest BCUT2D eigenvalue weighted by Crippen LogP contribution is -2.34. The molecule has 0 radical (unpaired) electrons. The molecule has 0 unspecified atom stereocenters. The number of benzene rings is 2. The summed E-state index contributed by atoms with van der Waals surface area (Å²) < 4.78 is 1.02. The van der Waals surface area contributed by atoms with Crippen LogP contribution in [0.5, 0.6) is 5.75 Å². The Morgan fingerprint density at radius 1 is 1.04 bits per heavy atom. The molecule has 4 nitrogen and oxygen atoms in total. The highest BCUT2D eigenvalue weighted by Gasteiger charge is 2.11. The van der Waals surface area contributed by atoms with Crippen LogP contribution in [0.25, 0.3) is 0 Å². The van der Waals surface area contributed by atoms with Crippen molar-refractivity contribution in [3.05, 3.63) is 56.0 Å². The molecule has 7 heteroatoms. The molecule has 0 atom stereocenters. The third-order valence-electron chi connectivity index (χ3n) is 2.99. The number of hydrogen-bond acceptors (Lipinski definition) is 3. The number of carbonyl (C=O) groups is 1. The average molecular weight is 458 g/mol. The maximum atomic E-state index is 12.2. The molecule has 0 fully saturated rings. The van der Waals surface area contributed by atoms with E-state index in [-0.39, 0.29) is 16.8 Å². The number of thiocarbonyl (C=S) groups is 1. The standard InChI is InChI=1S/C16H14Br2N2O2S/c1-8-3-9(2)5-10(4-8)15(22)20-16(23)19-11-6-12(17)14(21)13(18)7-11/h3-7,21H,1-2H3,(H2,19,20,22,23). The van der Waals surface area contributed by atoms with E-state index in [1.54, 1.807) is 24.3 Å². The minimum Gasteiger partial charge on any atom is -0.506 e. The number of phenols is 1. The van der Waals surface area contributed by atoms with Crippen LogP contribution in [0, 0.1) is 13.8 Å². The number of halogens is 2. The molecule has 0 aliphatic carbocycles. The van der Waals surface area contributed by atoms with Gasteiger partial charge in [0.2, 0.25) is 0 Å². The van der Waals surface area contributed by atoms with Crippen molar-refractivity contribution in [2.45, 2.75) is 13.8 Å². The predicted molar refractivity (Wildman–Crippen MR) is 103 cm³/mol. The van der Waals surface area contributed by atoms with E-state index in [9.17, 15) is 9.90 Å². The van der Waals surface area contributed by atoms with Gasteiger partial charge < -0.3 is 10.4 Å². The summed E-state index contributed by atoms with van der Waals surface area (Å²) in [5.41, 5.74) is 3.22. The topological polar surface area (TPSA) is 61.4 Å². The van der Waals surface area contributed by atoms with Crippen LogP contribution < -0.4 is 10.6 Å². The van der Waals surface area contributed by atoms with Gasteiger partial charge in [0.1, 0.15) is 5.75 Å². The number of aromatic hydroxyl groups is 1. The highest BCUT2D eigenvalue weighted by atomic mass is 79.9. The van der Waals surface area contributed by atoms with E-state index in [0.717, 1.165) is 11.1 Å². The molecule has 2 rings (SSSR count). The van der Waals surface area contributed by atoms with E-state index >= 15 is 0 Å². The van der Waals surface area contributed by atoms with Gasteiger partial charge in [-0.2, -0.15) is 0 Å². The molecule has 2 aromatic rings. The van der Waals surface area contributed by atoms with Crippen molar-refractivity contribution in [3.63, 3.8) is 0 Å². The summed E-state index contributed by atoms with van der Waals surface area (Å²) in [5, 5.41) is 15.4. The highest BCUT2D eigenvalue weighted by Crippen LogP contribution is 2.35. The van der Waals surface area contributed by atoms with Gasteiger partial charge in [-0.1, -0.05) is 17.2 Å². The smallest absolute Gasteiger partial charge is 0.257 e. The van der Waals surface area contributed by atoms with Crippen LogP contribution in [-0.2, 0) is 0 Å². The van der Waals surface area contributed by atoms with Gasteiger partial charge in [-0.15, -0.1) is 0 Å². The molecule has 0 aromatic heterocycles. The molecule has 0 saturated heterocycles. The van der Waals surface area contributed by atoms with E-state index in [1.165, 1.54) is 0 Å². The monoisotopic (exact) mass is 456 g/mol. The van der Waals surface area contributed by atoms with Gasteiger partial charge in [0.25, 0.3) is 5.91 Å². The second-order valence-corrected chi connectivity index (χ2v) is 7.19. The van der Waals surface area contributed by atoms with E-state index < -0.39 is 0 Å². The van der Waals surface area contributed by atoms with E-state index in [0.29, 0.717) is 20.2 Å². The number of aryl methyl sites for hydroxylation is 2. The van der Waals surface area contributed by atoms with Gasteiger partial charge >= 0.3 is 0 Å². The van der Waals surface area contributed by atoms with Crippen LogP contribution in [0.4, 0.5) is 5.69 Å². The van der Waals surface area contributed by atoms with Crippen molar-refractivity contribution in [2.75, 3.05) is 5.32 Å². The number of phenolic OH excluding ortho intramolecular Hbond substituents is 1. The van der Waals surface area contributed by atoms with E-state index in [2.05, 4.69) is 42.5 Å². The van der Waals surface area contributed by atoms with Crippen LogP contribution in [0.2, 0.25) is 0 Å². The van der Waals surface area contributed by atoms with Crippen LogP contribution in [0.1, 0.15) is 21.5 Å². The van der Waals surface area contributed by atoms with Crippen LogP contribution in [-0.4, -0.2) is 16.1 Å². The van der Waals surface area contributed by atoms with Gasteiger partial charge in [-0.25, -0.2) is 0 Å². The molecule has 0 spiro atoms. The van der Waals surface area contributed by atoms with Crippen molar-refractivity contribution in [3.8, 4) is 5.75 Å². The molecule has 0 heterocycles. The first-order valence-electron chi connectivity index (χ1n) is 6.65. The Labute approximate surface area is 156 Å². The fourth-order valence-corrected chi connectivity index (χ4v) is 3.48. The maximum absolute atomic E-state index is 12.2. The first-order chi connectivity index (χ1) is 10.8. The van der Waals surface area contributed by atoms with Gasteiger partial charge in [0, 0.05) is 11.3 Å². The minimum absolute atomic E-state index is 0.0979. The van der Waals surface area contributed by atoms with Gasteiger partial charge in [-0.3, -0.25) is 10.1 Å². The van der Waals surface area contributed by atoms with Gasteiger partial charge in [0.05, 0.1) is 8.95 Å². The molecular formula is C16H14Br2N2O2S. The maximum Gasteiger partial charge on any atom is 0.257 e. The van der Waals surface area contributed by atoms with E-state index in [4.69, 9.17) is 12.2 Å². The van der Waals surface area contributed by atoms with Crippen LogP contribution >= 0.6 is 44.1 Å². The van der Waals surface area contributed by atoms with Gasteiger partial charge in [0.15, 0.2) is 5.11 Å². The number of anilines is 1. The fraction of sp³-hybridized carbons (Fsp3) is 0.125. The Kier molecular flexibility index (Phi) is 5.78. The van der Waals surface area contributed by atoms with Crippen molar-refractivity contribution in [1.82, 2.24) is 5.32 Å². The zero-order valence-electron chi connectivity index (χ0n) is 12.4. The molecule has 0 saturated carbocycles. The normalized spacial score (nSPS) is 10.3. The summed E-state index contributed by atoms with van der Waals surface area (Å²) >= 11 is 11.6. The average Bonchev–Trinajstić information content (AvgIpc) is 2.43. The Hall–Kier alpha value is -1.44. The minimum atomic E-state index is -0.272. The number of amides is 1. The Bertz CT molecular complexity index is 750. The molecule has 1 amide bonds. The van der Waals surface area contributed by atoms with Crippen molar-refractivity contribution in [1.29, 1.82) is 0 Å². The summed E-state index contributed by atoms with van der Waals surface area (Å²) in [5.74, 6) is -0.174. The predicted octanol–water partition coefficient (Wildman–Crippen LogP) is 4.66. The lowest BCUT2D eigenvalue weighted by Gasteiger charge is -2.12. The highest BCUT2D eigenvalue weighted by molar-refractivity contribution is 9.11. The molecule has 0 bridgehead atoms. The van der Waals surface area contributed by atoms with Crippen molar-refractivity contribution < 1.29 is 9.90 Å². The van der Waals surface area contributed by atoms with Gasteiger partial charge in [-0.05, 0) is 82.2 Å². The molecular weight excluding hydrogens is 444 g/mol. The Morgan fingerprint density at radius 3 is 2.09 bits per heavy atom. The summed E-state index contributed by atoms with van der Waals surface area (Å²) in [6, 6.07) is 8.93. The third-order valence-corrected chi connectivity index (χ3v) is 4.40. The molecule has 0 aliphatic heterocycles. The molecule has 2 aromatic carbocycles. The van der Waals surface area contributed by atoms with Crippen molar-refractivity contribution in [2.24, 2.45) is 0 Å². The second kappa shape index (κ2) is 7.42. The van der Waals surface area contributed by atoms with Crippen LogP contribution in [0.15, 0.2) is 39.3 Å². The summed E-state index contributed by atoms with van der Waals surface area (Å²) in [4.78, 5) is 12.2. The van der Waals surface area contributed by atoms with Crippen LogP contribution in [0.3, 0.4) is 0 Å². The zero-order chi connectivity index (χ0) is 17.1. The second-order valence-electron chi connectivity index (χ2n) is 5.07. The SMILES string of the molecule is Cc1cc(C)cc(C(=O)NC(=S)Nc2cc(Br)c(O)c(Br)c2)c1. The number of carbonyl (C=O) groups excluding carboxylic acids is 1. The first kappa shape index (κ1) is 17.9. The lowest BCUT2D eigenvalue weighted by atomic mass is 10.1. The number of rotatable bonds is 2. The molecule has 3 N–H and O–H groups in total. The largest absolute Gasteiger partial charge is 0.506 e. The van der Waals surface area contributed by atoms with Crippen molar-refractivity contribution >= 4 is 60.8 Å². The number of nitrogens with one attached hydrogen (secondary N) is 2. The summed E-state index contributed by atoms with van der Waals surface area (Å²) in [6.45, 7) is 3.87. The van der Waals surface area contributed by atoms with E-state index in [1.807, 2.05) is 19.9 Å². The lowest BCUT2D eigenvalue weighted by molar-refractivity contribution is 0.0977. The summed E-state index contributed by atoms with van der Waals surface area (Å²) in [7, 11) is 0. The Morgan fingerprint density at radius 2 is 1.57 bits per heavy atom. The Balaban J connectivity index is 2.09. The fourth-order valence-electron chi connectivity index (χ4n) is 2.08. The number of hydrogen-bond donors (Lipinski definition) is 3. The third kappa shape index (κ3) is 4.76.